The van der Waals surface area contributed by atoms with Gasteiger partial charge in [-0.2, -0.15) is 13.2 Å². The number of benzene rings is 1. The van der Waals surface area contributed by atoms with Gasteiger partial charge in [-0.25, -0.2) is 0 Å². The minimum absolute atomic E-state index is 0.0000333. The quantitative estimate of drug-likeness (QED) is 0.878. The molecule has 1 aromatic rings. The van der Waals surface area contributed by atoms with Gasteiger partial charge in [-0.3, -0.25) is 14.5 Å². The first kappa shape index (κ1) is 17.6. The van der Waals surface area contributed by atoms with Crippen molar-refractivity contribution in [2.75, 3.05) is 25.0 Å². The maximum Gasteiger partial charge on any atom is 0.417 e. The first-order valence-electron chi connectivity index (χ1n) is 6.87. The lowest BCUT2D eigenvalue weighted by Gasteiger charge is -2.31. The molecular formula is C14H15ClF3N3O2. The fraction of sp³-hybridized carbons (Fsp3) is 0.429. The summed E-state index contributed by atoms with van der Waals surface area (Å²) >= 11 is 5.53. The van der Waals surface area contributed by atoms with Gasteiger partial charge in [0, 0.05) is 18.8 Å². The summed E-state index contributed by atoms with van der Waals surface area (Å²) in [4.78, 5) is 25.1. The Bertz CT molecular complexity index is 622. The summed E-state index contributed by atoms with van der Waals surface area (Å²) in [6.07, 6.45) is -4.60. The van der Waals surface area contributed by atoms with Crippen molar-refractivity contribution in [3.63, 3.8) is 0 Å². The van der Waals surface area contributed by atoms with Crippen molar-refractivity contribution in [3.05, 3.63) is 28.8 Å². The molecule has 2 N–H and O–H groups in total. The molecule has 1 aliphatic heterocycles. The van der Waals surface area contributed by atoms with Crippen LogP contribution in [-0.4, -0.2) is 42.4 Å². The molecule has 0 bridgehead atoms. The molecule has 2 rings (SSSR count). The summed E-state index contributed by atoms with van der Waals surface area (Å²) in [5, 5.41) is 4.62. The number of hydrogen-bond donors (Lipinski definition) is 2. The Labute approximate surface area is 135 Å². The number of nitrogens with one attached hydrogen (secondary N) is 2. The number of anilines is 1. The van der Waals surface area contributed by atoms with Crippen molar-refractivity contribution in [1.29, 1.82) is 0 Å². The van der Waals surface area contributed by atoms with E-state index in [4.69, 9.17) is 11.6 Å². The number of carbonyl (C=O) groups is 2. The Morgan fingerprint density at radius 2 is 2.13 bits per heavy atom. The molecule has 1 heterocycles. The Morgan fingerprint density at radius 3 is 2.74 bits per heavy atom. The Balaban J connectivity index is 2.09. The summed E-state index contributed by atoms with van der Waals surface area (Å²) in [6, 6.07) is 2.52. The highest BCUT2D eigenvalue weighted by molar-refractivity contribution is 6.31. The van der Waals surface area contributed by atoms with Gasteiger partial charge in [-0.15, -0.1) is 0 Å². The summed E-state index contributed by atoms with van der Waals surface area (Å²) in [5.74, 6) is -0.683. The average Bonchev–Trinajstić information content (AvgIpc) is 2.47. The number of nitrogens with zero attached hydrogens (tertiary/aromatic N) is 1. The molecular weight excluding hydrogens is 335 g/mol. The molecule has 0 aliphatic carbocycles. The smallest absolute Gasteiger partial charge is 0.354 e. The van der Waals surface area contributed by atoms with E-state index in [2.05, 4.69) is 10.6 Å². The summed E-state index contributed by atoms with van der Waals surface area (Å²) in [6.45, 7) is 2.59. The third kappa shape index (κ3) is 4.35. The van der Waals surface area contributed by atoms with Crippen LogP contribution >= 0.6 is 11.6 Å². The highest BCUT2D eigenvalue weighted by atomic mass is 35.5. The molecule has 2 amide bonds. The van der Waals surface area contributed by atoms with Crippen molar-refractivity contribution in [2.45, 2.75) is 19.1 Å². The van der Waals surface area contributed by atoms with Crippen LogP contribution in [0.3, 0.4) is 0 Å². The number of amides is 2. The van der Waals surface area contributed by atoms with Crippen LogP contribution in [0.2, 0.25) is 5.02 Å². The molecule has 23 heavy (non-hydrogen) atoms. The fourth-order valence-electron chi connectivity index (χ4n) is 2.22. The van der Waals surface area contributed by atoms with Gasteiger partial charge < -0.3 is 10.6 Å². The van der Waals surface area contributed by atoms with Crippen molar-refractivity contribution in [2.24, 2.45) is 0 Å². The van der Waals surface area contributed by atoms with Crippen LogP contribution < -0.4 is 10.6 Å². The van der Waals surface area contributed by atoms with Crippen LogP contribution in [0.4, 0.5) is 18.9 Å². The topological polar surface area (TPSA) is 61.4 Å². The number of halogens is 4. The third-order valence-corrected chi connectivity index (χ3v) is 3.86. The van der Waals surface area contributed by atoms with Crippen LogP contribution in [0, 0.1) is 0 Å². The lowest BCUT2D eigenvalue weighted by Crippen LogP contribution is -2.53. The number of hydrogen-bond acceptors (Lipinski definition) is 3. The average molecular weight is 350 g/mol. The molecule has 1 aliphatic rings. The van der Waals surface area contributed by atoms with E-state index in [-0.39, 0.29) is 18.1 Å². The van der Waals surface area contributed by atoms with Gasteiger partial charge in [0.15, 0.2) is 0 Å². The van der Waals surface area contributed by atoms with Crippen molar-refractivity contribution >= 4 is 29.1 Å². The first-order valence-corrected chi connectivity index (χ1v) is 7.24. The van der Waals surface area contributed by atoms with Gasteiger partial charge >= 0.3 is 6.18 Å². The lowest BCUT2D eigenvalue weighted by molar-refractivity contribution is -0.137. The molecule has 1 fully saturated rings. The zero-order valence-electron chi connectivity index (χ0n) is 12.2. The molecule has 1 unspecified atom stereocenters. The van der Waals surface area contributed by atoms with E-state index in [0.717, 1.165) is 12.1 Å². The van der Waals surface area contributed by atoms with Crippen LogP contribution in [0.5, 0.6) is 0 Å². The predicted molar refractivity (Wildman–Crippen MR) is 79.1 cm³/mol. The second-order valence-corrected chi connectivity index (χ2v) is 5.59. The third-order valence-electron chi connectivity index (χ3n) is 3.53. The maximum absolute atomic E-state index is 12.8. The standard InChI is InChI=1S/C14H15ClF3N3O2/c1-8(21-5-4-19-12(22)7-21)13(23)20-9-2-3-11(15)10(6-9)14(16,17)18/h2-3,6,8H,4-5,7H2,1H3,(H,19,22)(H,20,23). The van der Waals surface area contributed by atoms with Crippen LogP contribution in [0.15, 0.2) is 18.2 Å². The van der Waals surface area contributed by atoms with E-state index in [1.165, 1.54) is 6.07 Å². The number of carbonyl (C=O) groups excluding carboxylic acids is 2. The van der Waals surface area contributed by atoms with E-state index in [1.807, 2.05) is 0 Å². The van der Waals surface area contributed by atoms with Gasteiger partial charge in [0.1, 0.15) is 0 Å². The minimum atomic E-state index is -4.60. The Hall–Kier alpha value is -1.80. The van der Waals surface area contributed by atoms with Crippen LogP contribution in [-0.2, 0) is 15.8 Å². The zero-order valence-corrected chi connectivity index (χ0v) is 13.0. The Kier molecular flexibility index (Phi) is 5.16. The molecule has 1 aromatic carbocycles. The Morgan fingerprint density at radius 1 is 1.43 bits per heavy atom. The predicted octanol–water partition coefficient (Wildman–Crippen LogP) is 2.12. The van der Waals surface area contributed by atoms with Crippen molar-refractivity contribution < 1.29 is 22.8 Å². The highest BCUT2D eigenvalue weighted by Gasteiger charge is 2.33. The number of alkyl halides is 3. The molecule has 0 aromatic heterocycles. The normalized spacial score (nSPS) is 17.5. The van der Waals surface area contributed by atoms with Crippen molar-refractivity contribution in [3.8, 4) is 0 Å². The van der Waals surface area contributed by atoms with Crippen LogP contribution in [0.25, 0.3) is 0 Å². The SMILES string of the molecule is CC(C(=O)Nc1ccc(Cl)c(C(F)(F)F)c1)N1CCNC(=O)C1. The molecule has 1 saturated heterocycles. The molecule has 0 saturated carbocycles. The largest absolute Gasteiger partial charge is 0.417 e. The monoisotopic (exact) mass is 349 g/mol. The van der Waals surface area contributed by atoms with Crippen molar-refractivity contribution in [1.82, 2.24) is 10.2 Å². The lowest BCUT2D eigenvalue weighted by atomic mass is 10.1. The molecule has 5 nitrogen and oxygen atoms in total. The molecule has 1 atom stereocenters. The highest BCUT2D eigenvalue weighted by Crippen LogP contribution is 2.36. The maximum atomic E-state index is 12.8. The second kappa shape index (κ2) is 6.76. The summed E-state index contributed by atoms with van der Waals surface area (Å²) in [7, 11) is 0. The van der Waals surface area contributed by atoms with E-state index in [9.17, 15) is 22.8 Å². The zero-order chi connectivity index (χ0) is 17.2. The molecule has 126 valence electrons. The summed E-state index contributed by atoms with van der Waals surface area (Å²) in [5.41, 5.74) is -1.01. The van der Waals surface area contributed by atoms with E-state index < -0.39 is 28.7 Å². The molecule has 9 heteroatoms. The fourth-order valence-corrected chi connectivity index (χ4v) is 2.45. The minimum Gasteiger partial charge on any atom is -0.354 e. The number of piperazine rings is 1. The van der Waals surface area contributed by atoms with Gasteiger partial charge in [-0.1, -0.05) is 11.6 Å². The summed E-state index contributed by atoms with van der Waals surface area (Å²) < 4.78 is 38.4. The van der Waals surface area contributed by atoms with Gasteiger partial charge in [0.25, 0.3) is 0 Å². The van der Waals surface area contributed by atoms with Gasteiger partial charge in [0.2, 0.25) is 11.8 Å². The van der Waals surface area contributed by atoms with E-state index >= 15 is 0 Å². The van der Waals surface area contributed by atoms with Gasteiger partial charge in [-0.05, 0) is 25.1 Å². The molecule has 0 radical (unpaired) electrons. The van der Waals surface area contributed by atoms with E-state index in [1.54, 1.807) is 11.8 Å². The first-order chi connectivity index (χ1) is 10.7. The number of rotatable bonds is 3. The second-order valence-electron chi connectivity index (χ2n) is 5.18. The van der Waals surface area contributed by atoms with Gasteiger partial charge in [0.05, 0.1) is 23.2 Å². The van der Waals surface area contributed by atoms with Crippen LogP contribution in [0.1, 0.15) is 12.5 Å². The van der Waals surface area contributed by atoms with E-state index in [0.29, 0.717) is 13.1 Å². The molecule has 0 spiro atoms.